The first kappa shape index (κ1) is 26.5. The number of pyridine rings is 1. The van der Waals surface area contributed by atoms with Gasteiger partial charge < -0.3 is 24.6 Å². The number of fused-ring (bicyclic) bond motifs is 1. The lowest BCUT2D eigenvalue weighted by molar-refractivity contribution is -0.111. The number of rotatable bonds is 8. The molecule has 0 fully saturated rings. The summed E-state index contributed by atoms with van der Waals surface area (Å²) in [6.45, 7) is 5.22. The molecular formula is C27H31N3O6. The molecule has 3 rings (SSSR count). The van der Waals surface area contributed by atoms with E-state index in [2.05, 4.69) is 15.6 Å². The number of hydrogen-bond donors (Lipinski definition) is 3. The fraction of sp³-hybridized carbons (Fsp3) is 0.296. The fourth-order valence-electron chi connectivity index (χ4n) is 3.62. The van der Waals surface area contributed by atoms with Gasteiger partial charge in [-0.25, -0.2) is 4.79 Å². The van der Waals surface area contributed by atoms with Gasteiger partial charge in [-0.3, -0.25) is 10.1 Å². The lowest BCUT2D eigenvalue weighted by atomic mass is 9.98. The number of carbonyl (C=O) groups excluding carboxylic acids is 2. The standard InChI is InChI=1S/C27H31N3O6/c1-27(2,3)36-26(33)29-22-16-21(20(14-15-31)18-8-6-7-9-19(18)22)28-23(32)12-10-17-11-13-24(34-4)30-25(17)35-5/h6-13,16,31H,14-15H2,1-5H3,(H,28,32)(H,29,33). The van der Waals surface area contributed by atoms with Crippen LogP contribution in [0, 0.1) is 0 Å². The minimum atomic E-state index is -0.671. The number of ether oxygens (including phenoxy) is 3. The summed E-state index contributed by atoms with van der Waals surface area (Å²) < 4.78 is 15.8. The molecule has 0 aliphatic heterocycles. The summed E-state index contributed by atoms with van der Waals surface area (Å²) in [6, 6.07) is 12.5. The van der Waals surface area contributed by atoms with E-state index < -0.39 is 17.6 Å². The number of aliphatic hydroxyl groups is 1. The molecule has 2 aromatic carbocycles. The number of benzene rings is 2. The molecule has 2 amide bonds. The molecule has 0 bridgehead atoms. The van der Waals surface area contributed by atoms with Crippen molar-refractivity contribution in [1.29, 1.82) is 0 Å². The van der Waals surface area contributed by atoms with E-state index in [1.807, 2.05) is 24.3 Å². The van der Waals surface area contributed by atoms with Crippen molar-refractivity contribution >= 4 is 40.2 Å². The van der Waals surface area contributed by atoms with Gasteiger partial charge >= 0.3 is 6.09 Å². The van der Waals surface area contributed by atoms with Gasteiger partial charge in [0.25, 0.3) is 0 Å². The van der Waals surface area contributed by atoms with Crippen molar-refractivity contribution in [3.8, 4) is 11.8 Å². The number of aliphatic hydroxyl groups excluding tert-OH is 1. The summed E-state index contributed by atoms with van der Waals surface area (Å²) in [4.78, 5) is 29.5. The maximum Gasteiger partial charge on any atom is 0.412 e. The second kappa shape index (κ2) is 11.5. The number of nitrogens with one attached hydrogen (secondary N) is 2. The van der Waals surface area contributed by atoms with Crippen LogP contribution in [0.2, 0.25) is 0 Å². The molecule has 3 N–H and O–H groups in total. The van der Waals surface area contributed by atoms with Crippen molar-refractivity contribution in [2.24, 2.45) is 0 Å². The molecule has 0 spiro atoms. The van der Waals surface area contributed by atoms with Crippen LogP contribution in [-0.4, -0.2) is 48.5 Å². The number of anilines is 2. The second-order valence-electron chi connectivity index (χ2n) is 8.87. The van der Waals surface area contributed by atoms with Crippen LogP contribution in [0.15, 0.2) is 48.5 Å². The van der Waals surface area contributed by atoms with Crippen molar-refractivity contribution in [1.82, 2.24) is 4.98 Å². The van der Waals surface area contributed by atoms with E-state index in [1.54, 1.807) is 45.0 Å². The minimum Gasteiger partial charge on any atom is -0.481 e. The Labute approximate surface area is 210 Å². The molecule has 0 atom stereocenters. The summed E-state index contributed by atoms with van der Waals surface area (Å²) in [5.74, 6) is 0.294. The van der Waals surface area contributed by atoms with Crippen LogP contribution in [0.4, 0.5) is 16.2 Å². The van der Waals surface area contributed by atoms with E-state index in [0.29, 0.717) is 35.1 Å². The Kier molecular flexibility index (Phi) is 8.50. The molecule has 0 aliphatic rings. The largest absolute Gasteiger partial charge is 0.481 e. The first-order valence-electron chi connectivity index (χ1n) is 11.4. The molecule has 190 valence electrons. The molecule has 0 saturated carbocycles. The SMILES string of the molecule is COc1ccc(C=CC(=O)Nc2cc(NC(=O)OC(C)(C)C)c3ccccc3c2CCO)c(OC)n1. The molecule has 36 heavy (non-hydrogen) atoms. The third-order valence-electron chi connectivity index (χ3n) is 5.09. The van der Waals surface area contributed by atoms with E-state index in [4.69, 9.17) is 14.2 Å². The Bertz CT molecular complexity index is 1280. The van der Waals surface area contributed by atoms with E-state index >= 15 is 0 Å². The molecule has 9 nitrogen and oxygen atoms in total. The second-order valence-corrected chi connectivity index (χ2v) is 8.87. The molecule has 0 aliphatic carbocycles. The number of methoxy groups -OCH3 is 2. The monoisotopic (exact) mass is 493 g/mol. The highest BCUT2D eigenvalue weighted by molar-refractivity contribution is 6.08. The van der Waals surface area contributed by atoms with Gasteiger partial charge in [0.1, 0.15) is 5.60 Å². The number of carbonyl (C=O) groups is 2. The number of nitrogens with zero attached hydrogens (tertiary/aromatic N) is 1. The number of amides is 2. The topological polar surface area (TPSA) is 119 Å². The normalized spacial score (nSPS) is 11.4. The van der Waals surface area contributed by atoms with Gasteiger partial charge in [0.15, 0.2) is 0 Å². The highest BCUT2D eigenvalue weighted by atomic mass is 16.6. The molecule has 1 aromatic heterocycles. The minimum absolute atomic E-state index is 0.115. The van der Waals surface area contributed by atoms with Gasteiger partial charge in [-0.1, -0.05) is 24.3 Å². The molecular weight excluding hydrogens is 462 g/mol. The first-order chi connectivity index (χ1) is 17.1. The molecule has 9 heteroatoms. The predicted octanol–water partition coefficient (Wildman–Crippen LogP) is 4.79. The van der Waals surface area contributed by atoms with Gasteiger partial charge in [0.2, 0.25) is 17.7 Å². The van der Waals surface area contributed by atoms with Crippen LogP contribution in [0.25, 0.3) is 16.8 Å². The molecule has 3 aromatic rings. The van der Waals surface area contributed by atoms with E-state index in [-0.39, 0.29) is 6.61 Å². The summed E-state index contributed by atoms with van der Waals surface area (Å²) in [5.41, 5.74) is 1.60. The summed E-state index contributed by atoms with van der Waals surface area (Å²) in [5, 5.41) is 16.9. The Balaban J connectivity index is 1.95. The first-order valence-corrected chi connectivity index (χ1v) is 11.4. The molecule has 1 heterocycles. The Morgan fingerprint density at radius 2 is 1.72 bits per heavy atom. The van der Waals surface area contributed by atoms with Gasteiger partial charge in [-0.15, -0.1) is 0 Å². The number of aromatic nitrogens is 1. The van der Waals surface area contributed by atoms with Crippen molar-refractivity contribution < 1.29 is 28.9 Å². The fourth-order valence-corrected chi connectivity index (χ4v) is 3.62. The van der Waals surface area contributed by atoms with Crippen LogP contribution >= 0.6 is 0 Å². The average molecular weight is 494 g/mol. The van der Waals surface area contributed by atoms with E-state index in [0.717, 1.165) is 16.3 Å². The van der Waals surface area contributed by atoms with E-state index in [1.165, 1.54) is 20.3 Å². The smallest absolute Gasteiger partial charge is 0.412 e. The molecule has 0 unspecified atom stereocenters. The Morgan fingerprint density at radius 1 is 1.00 bits per heavy atom. The van der Waals surface area contributed by atoms with Gasteiger partial charge in [0, 0.05) is 35.4 Å². The maximum atomic E-state index is 12.9. The highest BCUT2D eigenvalue weighted by Gasteiger charge is 2.19. The lowest BCUT2D eigenvalue weighted by Gasteiger charge is -2.21. The lowest BCUT2D eigenvalue weighted by Crippen LogP contribution is -2.27. The molecule has 0 radical (unpaired) electrons. The quantitative estimate of drug-likeness (QED) is 0.386. The Morgan fingerprint density at radius 3 is 2.36 bits per heavy atom. The zero-order chi connectivity index (χ0) is 26.3. The predicted molar refractivity (Wildman–Crippen MR) is 140 cm³/mol. The highest BCUT2D eigenvalue weighted by Crippen LogP contribution is 2.34. The number of hydrogen-bond acceptors (Lipinski definition) is 7. The van der Waals surface area contributed by atoms with Crippen molar-refractivity contribution in [3.05, 3.63) is 59.7 Å². The average Bonchev–Trinajstić information content (AvgIpc) is 2.83. The van der Waals surface area contributed by atoms with Crippen molar-refractivity contribution in [2.75, 3.05) is 31.5 Å². The van der Waals surface area contributed by atoms with Crippen LogP contribution in [0.5, 0.6) is 11.8 Å². The molecule has 0 saturated heterocycles. The third kappa shape index (κ3) is 6.73. The summed E-state index contributed by atoms with van der Waals surface area (Å²) >= 11 is 0. The zero-order valence-corrected chi connectivity index (χ0v) is 21.0. The summed E-state index contributed by atoms with van der Waals surface area (Å²) in [6.07, 6.45) is 2.62. The third-order valence-corrected chi connectivity index (χ3v) is 5.09. The van der Waals surface area contributed by atoms with Crippen LogP contribution in [0.3, 0.4) is 0 Å². The zero-order valence-electron chi connectivity index (χ0n) is 21.0. The van der Waals surface area contributed by atoms with Crippen LogP contribution in [-0.2, 0) is 16.0 Å². The van der Waals surface area contributed by atoms with Crippen LogP contribution in [0.1, 0.15) is 31.9 Å². The van der Waals surface area contributed by atoms with Crippen molar-refractivity contribution in [3.63, 3.8) is 0 Å². The van der Waals surface area contributed by atoms with Crippen molar-refractivity contribution in [2.45, 2.75) is 32.8 Å². The maximum absolute atomic E-state index is 12.9. The van der Waals surface area contributed by atoms with Crippen LogP contribution < -0.4 is 20.1 Å². The van der Waals surface area contributed by atoms with Gasteiger partial charge in [-0.05, 0) is 56.4 Å². The Hall–Kier alpha value is -4.11. The van der Waals surface area contributed by atoms with Gasteiger partial charge in [-0.2, -0.15) is 4.98 Å². The van der Waals surface area contributed by atoms with Gasteiger partial charge in [0.05, 0.1) is 19.9 Å². The van der Waals surface area contributed by atoms with E-state index in [9.17, 15) is 14.7 Å². The summed E-state index contributed by atoms with van der Waals surface area (Å²) in [7, 11) is 2.98.